The Hall–Kier alpha value is -1.71. The van der Waals surface area contributed by atoms with Gasteiger partial charge in [-0.05, 0) is 30.9 Å². The summed E-state index contributed by atoms with van der Waals surface area (Å²) in [4.78, 5) is 6.73. The highest BCUT2D eigenvalue weighted by molar-refractivity contribution is 5.99. The number of benzene rings is 1. The number of anilines is 1. The van der Waals surface area contributed by atoms with E-state index in [0.29, 0.717) is 11.9 Å². The molecule has 1 fully saturated rings. The maximum atomic E-state index is 6.17. The molecule has 1 aromatic rings. The second-order valence-electron chi connectivity index (χ2n) is 5.58. The molecule has 1 saturated carbocycles. The first-order valence-corrected chi connectivity index (χ1v) is 6.92. The van der Waals surface area contributed by atoms with Crippen LogP contribution in [0.1, 0.15) is 26.2 Å². The van der Waals surface area contributed by atoms with Crippen molar-refractivity contribution in [3.63, 3.8) is 0 Å². The average Bonchev–Trinajstić information content (AvgIpc) is 2.95. The third kappa shape index (κ3) is 1.70. The van der Waals surface area contributed by atoms with Crippen LogP contribution < -0.4 is 15.4 Å². The molecular formula is C15H21N3O. The summed E-state index contributed by atoms with van der Waals surface area (Å²) >= 11 is 0. The number of nitrogens with two attached hydrogens (primary N) is 1. The minimum absolute atomic E-state index is 0.0543. The van der Waals surface area contributed by atoms with E-state index in [0.717, 1.165) is 24.4 Å². The highest BCUT2D eigenvalue weighted by Gasteiger charge is 2.50. The first-order valence-electron chi connectivity index (χ1n) is 6.92. The summed E-state index contributed by atoms with van der Waals surface area (Å²) in [6.07, 6.45) is 3.64. The van der Waals surface area contributed by atoms with Gasteiger partial charge in [0.15, 0.2) is 5.96 Å². The SMILES string of the molecule is COc1ccccc1N1C(N)=NCC12CCCC2C. The quantitative estimate of drug-likeness (QED) is 0.887. The number of aliphatic imine (C=N–C) groups is 1. The molecule has 4 nitrogen and oxygen atoms in total. The zero-order valence-corrected chi connectivity index (χ0v) is 11.6. The molecule has 2 atom stereocenters. The summed E-state index contributed by atoms with van der Waals surface area (Å²) in [6, 6.07) is 8.06. The van der Waals surface area contributed by atoms with Gasteiger partial charge in [0.2, 0.25) is 0 Å². The molecule has 1 spiro atoms. The zero-order valence-electron chi connectivity index (χ0n) is 11.6. The van der Waals surface area contributed by atoms with Crippen molar-refractivity contribution < 1.29 is 4.74 Å². The molecule has 1 heterocycles. The largest absolute Gasteiger partial charge is 0.495 e. The second kappa shape index (κ2) is 4.44. The molecular weight excluding hydrogens is 238 g/mol. The topological polar surface area (TPSA) is 50.9 Å². The third-order valence-corrected chi connectivity index (χ3v) is 4.68. The zero-order chi connectivity index (χ0) is 13.5. The van der Waals surface area contributed by atoms with Crippen LogP contribution in [0.15, 0.2) is 29.3 Å². The highest BCUT2D eigenvalue weighted by Crippen LogP contribution is 2.46. The van der Waals surface area contributed by atoms with E-state index >= 15 is 0 Å². The summed E-state index contributed by atoms with van der Waals surface area (Å²) in [6.45, 7) is 3.11. The summed E-state index contributed by atoms with van der Waals surface area (Å²) < 4.78 is 5.49. The van der Waals surface area contributed by atoms with Crippen LogP contribution in [-0.4, -0.2) is 25.2 Å². The molecule has 0 radical (unpaired) electrons. The Morgan fingerprint density at radius 1 is 1.42 bits per heavy atom. The molecule has 2 unspecified atom stereocenters. The highest BCUT2D eigenvalue weighted by atomic mass is 16.5. The van der Waals surface area contributed by atoms with E-state index in [1.165, 1.54) is 12.8 Å². The minimum atomic E-state index is 0.0543. The molecule has 2 N–H and O–H groups in total. The molecule has 102 valence electrons. The van der Waals surface area contributed by atoms with Crippen LogP contribution in [0, 0.1) is 5.92 Å². The molecule has 1 aliphatic heterocycles. The van der Waals surface area contributed by atoms with Crippen molar-refractivity contribution in [2.45, 2.75) is 31.7 Å². The van der Waals surface area contributed by atoms with Crippen molar-refractivity contribution >= 4 is 11.6 Å². The number of para-hydroxylation sites is 2. The van der Waals surface area contributed by atoms with E-state index in [4.69, 9.17) is 10.5 Å². The lowest BCUT2D eigenvalue weighted by molar-refractivity contribution is 0.358. The van der Waals surface area contributed by atoms with Crippen molar-refractivity contribution in [2.24, 2.45) is 16.6 Å². The molecule has 1 aliphatic carbocycles. The maximum Gasteiger partial charge on any atom is 0.196 e. The fourth-order valence-corrected chi connectivity index (χ4v) is 3.56. The first-order chi connectivity index (χ1) is 9.19. The minimum Gasteiger partial charge on any atom is -0.495 e. The fourth-order valence-electron chi connectivity index (χ4n) is 3.56. The van der Waals surface area contributed by atoms with E-state index < -0.39 is 0 Å². The Labute approximate surface area is 114 Å². The average molecular weight is 259 g/mol. The van der Waals surface area contributed by atoms with Crippen LogP contribution in [0.25, 0.3) is 0 Å². The van der Waals surface area contributed by atoms with Crippen LogP contribution in [0.2, 0.25) is 0 Å². The number of hydrogen-bond acceptors (Lipinski definition) is 4. The van der Waals surface area contributed by atoms with Gasteiger partial charge in [-0.2, -0.15) is 0 Å². The van der Waals surface area contributed by atoms with Gasteiger partial charge >= 0.3 is 0 Å². The monoisotopic (exact) mass is 259 g/mol. The number of rotatable bonds is 2. The van der Waals surface area contributed by atoms with Gasteiger partial charge in [0, 0.05) is 0 Å². The summed E-state index contributed by atoms with van der Waals surface area (Å²) in [7, 11) is 1.70. The van der Waals surface area contributed by atoms with Gasteiger partial charge in [0.25, 0.3) is 0 Å². The predicted octanol–water partition coefficient (Wildman–Crippen LogP) is 2.39. The van der Waals surface area contributed by atoms with E-state index in [-0.39, 0.29) is 5.54 Å². The smallest absolute Gasteiger partial charge is 0.196 e. The van der Waals surface area contributed by atoms with Crippen molar-refractivity contribution in [2.75, 3.05) is 18.6 Å². The van der Waals surface area contributed by atoms with Crippen molar-refractivity contribution in [3.8, 4) is 5.75 Å². The van der Waals surface area contributed by atoms with Gasteiger partial charge in [-0.3, -0.25) is 4.99 Å². The lowest BCUT2D eigenvalue weighted by Crippen LogP contribution is -2.53. The molecule has 19 heavy (non-hydrogen) atoms. The molecule has 1 aromatic carbocycles. The molecule has 2 aliphatic rings. The summed E-state index contributed by atoms with van der Waals surface area (Å²) in [5, 5.41) is 0. The normalized spacial score (nSPS) is 29.9. The van der Waals surface area contributed by atoms with Crippen LogP contribution >= 0.6 is 0 Å². The molecule has 4 heteroatoms. The molecule has 3 rings (SSSR count). The molecule has 0 bridgehead atoms. The fraction of sp³-hybridized carbons (Fsp3) is 0.533. The second-order valence-corrected chi connectivity index (χ2v) is 5.58. The lowest BCUT2D eigenvalue weighted by atomic mass is 9.87. The number of methoxy groups -OCH3 is 1. The van der Waals surface area contributed by atoms with Gasteiger partial charge in [0.05, 0.1) is 24.9 Å². The number of hydrogen-bond donors (Lipinski definition) is 1. The van der Waals surface area contributed by atoms with Gasteiger partial charge in [-0.15, -0.1) is 0 Å². The van der Waals surface area contributed by atoms with E-state index in [9.17, 15) is 0 Å². The van der Waals surface area contributed by atoms with Crippen LogP contribution in [-0.2, 0) is 0 Å². The standard InChI is InChI=1S/C15H21N3O/c1-11-6-5-9-15(11)10-17-14(16)18(15)12-7-3-4-8-13(12)19-2/h3-4,7-8,11H,5-6,9-10H2,1-2H3,(H2,16,17). The summed E-state index contributed by atoms with van der Waals surface area (Å²) in [5.74, 6) is 2.08. The number of nitrogens with zero attached hydrogens (tertiary/aromatic N) is 2. The lowest BCUT2D eigenvalue weighted by Gasteiger charge is -2.40. The van der Waals surface area contributed by atoms with Crippen LogP contribution in [0.5, 0.6) is 5.75 Å². The first kappa shape index (κ1) is 12.3. The van der Waals surface area contributed by atoms with E-state index in [1.807, 2.05) is 18.2 Å². The molecule has 0 saturated heterocycles. The van der Waals surface area contributed by atoms with Gasteiger partial charge < -0.3 is 15.4 Å². The Balaban J connectivity index is 2.08. The third-order valence-electron chi connectivity index (χ3n) is 4.68. The maximum absolute atomic E-state index is 6.17. The Morgan fingerprint density at radius 3 is 2.89 bits per heavy atom. The van der Waals surface area contributed by atoms with Crippen LogP contribution in [0.4, 0.5) is 5.69 Å². The molecule has 0 aromatic heterocycles. The number of ether oxygens (including phenoxy) is 1. The van der Waals surface area contributed by atoms with Crippen molar-refractivity contribution in [1.29, 1.82) is 0 Å². The van der Waals surface area contributed by atoms with Crippen molar-refractivity contribution in [1.82, 2.24) is 0 Å². The van der Waals surface area contributed by atoms with Gasteiger partial charge in [0.1, 0.15) is 5.75 Å². The predicted molar refractivity (Wildman–Crippen MR) is 77.7 cm³/mol. The Morgan fingerprint density at radius 2 is 2.21 bits per heavy atom. The van der Waals surface area contributed by atoms with Crippen molar-refractivity contribution in [3.05, 3.63) is 24.3 Å². The summed E-state index contributed by atoms with van der Waals surface area (Å²) in [5.41, 5.74) is 7.27. The Bertz CT molecular complexity index is 514. The van der Waals surface area contributed by atoms with E-state index in [1.54, 1.807) is 7.11 Å². The van der Waals surface area contributed by atoms with Gasteiger partial charge in [-0.1, -0.05) is 25.5 Å². The van der Waals surface area contributed by atoms with Gasteiger partial charge in [-0.25, -0.2) is 0 Å². The van der Waals surface area contributed by atoms with Crippen LogP contribution in [0.3, 0.4) is 0 Å². The van der Waals surface area contributed by atoms with E-state index in [2.05, 4.69) is 22.9 Å². The Kier molecular flexibility index (Phi) is 2.88. The molecule has 0 amide bonds. The number of guanidine groups is 1.